The van der Waals surface area contributed by atoms with Gasteiger partial charge in [0.1, 0.15) is 5.75 Å². The summed E-state index contributed by atoms with van der Waals surface area (Å²) >= 11 is 0. The molecule has 0 aliphatic rings. The molecule has 2 aromatic rings. The van der Waals surface area contributed by atoms with Crippen molar-refractivity contribution in [3.8, 4) is 5.75 Å². The summed E-state index contributed by atoms with van der Waals surface area (Å²) in [6.45, 7) is 3.19. The number of pyridine rings is 1. The molecular weight excluding hydrogens is 266 g/mol. The number of amides is 2. The first kappa shape index (κ1) is 14.8. The average molecular weight is 285 g/mol. The van der Waals surface area contributed by atoms with E-state index in [2.05, 4.69) is 10.3 Å². The third-order valence-corrected chi connectivity index (χ3v) is 3.19. The largest absolute Gasteiger partial charge is 0.508 e. The fourth-order valence-corrected chi connectivity index (χ4v) is 2.00. The van der Waals surface area contributed by atoms with E-state index in [9.17, 15) is 9.90 Å². The zero-order chi connectivity index (χ0) is 15.1. The van der Waals surface area contributed by atoms with Gasteiger partial charge in [-0.15, -0.1) is 0 Å². The zero-order valence-corrected chi connectivity index (χ0v) is 12.0. The second-order valence-corrected chi connectivity index (χ2v) is 4.67. The number of likely N-dealkylation sites (N-methyl/N-ethyl adjacent to an activating group) is 1. The van der Waals surface area contributed by atoms with Gasteiger partial charge in [-0.3, -0.25) is 4.98 Å². The molecule has 2 amide bonds. The molecule has 0 atom stereocenters. The second kappa shape index (κ2) is 7.28. The summed E-state index contributed by atoms with van der Waals surface area (Å²) in [5.74, 6) is 0.132. The number of nitrogens with one attached hydrogen (secondary N) is 1. The van der Waals surface area contributed by atoms with Crippen LogP contribution in [0.3, 0.4) is 0 Å². The Balaban J connectivity index is 1.92. The molecule has 0 radical (unpaired) electrons. The van der Waals surface area contributed by atoms with Crippen molar-refractivity contribution in [3.63, 3.8) is 0 Å². The van der Waals surface area contributed by atoms with Gasteiger partial charge in [-0.2, -0.15) is 0 Å². The van der Waals surface area contributed by atoms with Gasteiger partial charge < -0.3 is 15.3 Å². The number of phenols is 1. The molecule has 0 spiro atoms. The predicted molar refractivity (Wildman–Crippen MR) is 82.3 cm³/mol. The molecule has 0 unspecified atom stereocenters. The number of carbonyl (C=O) groups excluding carboxylic acids is 1. The fraction of sp³-hybridized carbons (Fsp3) is 0.250. The van der Waals surface area contributed by atoms with E-state index in [1.807, 2.05) is 19.1 Å². The van der Waals surface area contributed by atoms with Crippen LogP contribution in [0.15, 0.2) is 48.8 Å². The number of carbonyl (C=O) groups is 1. The van der Waals surface area contributed by atoms with Crippen LogP contribution >= 0.6 is 0 Å². The van der Waals surface area contributed by atoms with Crippen molar-refractivity contribution in [2.45, 2.75) is 13.3 Å². The first-order valence-electron chi connectivity index (χ1n) is 6.93. The molecule has 5 nitrogen and oxygen atoms in total. The number of aromatic nitrogens is 1. The minimum Gasteiger partial charge on any atom is -0.508 e. The lowest BCUT2D eigenvalue weighted by atomic mass is 10.2. The van der Waals surface area contributed by atoms with E-state index in [1.165, 1.54) is 6.07 Å². The Kier molecular flexibility index (Phi) is 5.15. The molecule has 110 valence electrons. The summed E-state index contributed by atoms with van der Waals surface area (Å²) in [4.78, 5) is 17.9. The van der Waals surface area contributed by atoms with Gasteiger partial charge in [0.05, 0.1) is 0 Å². The molecular formula is C16H19N3O2. The van der Waals surface area contributed by atoms with Crippen LogP contribution in [0.25, 0.3) is 0 Å². The van der Waals surface area contributed by atoms with Gasteiger partial charge in [-0.1, -0.05) is 6.07 Å². The minimum atomic E-state index is -0.169. The topological polar surface area (TPSA) is 65.5 Å². The predicted octanol–water partition coefficient (Wildman–Crippen LogP) is 2.88. The highest BCUT2D eigenvalue weighted by atomic mass is 16.3. The minimum absolute atomic E-state index is 0.132. The van der Waals surface area contributed by atoms with E-state index in [-0.39, 0.29) is 11.8 Å². The van der Waals surface area contributed by atoms with E-state index in [4.69, 9.17) is 0 Å². The molecule has 21 heavy (non-hydrogen) atoms. The van der Waals surface area contributed by atoms with E-state index >= 15 is 0 Å². The third kappa shape index (κ3) is 4.49. The molecule has 5 heteroatoms. The monoisotopic (exact) mass is 285 g/mol. The van der Waals surface area contributed by atoms with Crippen molar-refractivity contribution in [1.82, 2.24) is 9.88 Å². The smallest absolute Gasteiger partial charge is 0.321 e. The van der Waals surface area contributed by atoms with Gasteiger partial charge in [-0.25, -0.2) is 4.79 Å². The SMILES string of the molecule is CCN(CCc1ccncc1)C(=O)Nc1cccc(O)c1. The summed E-state index contributed by atoms with van der Waals surface area (Å²) in [5, 5.41) is 12.2. The standard InChI is InChI=1S/C16H19N3O2/c1-2-19(11-8-13-6-9-17-10-7-13)16(21)18-14-4-3-5-15(20)12-14/h3-7,9-10,12,20H,2,8,11H2,1H3,(H,18,21). The molecule has 0 aliphatic carbocycles. The number of aromatic hydroxyl groups is 1. The Morgan fingerprint density at radius 3 is 2.71 bits per heavy atom. The fourth-order valence-electron chi connectivity index (χ4n) is 2.00. The molecule has 1 aromatic heterocycles. The normalized spacial score (nSPS) is 10.1. The average Bonchev–Trinajstić information content (AvgIpc) is 2.49. The number of phenolic OH excluding ortho intramolecular Hbond substituents is 1. The zero-order valence-electron chi connectivity index (χ0n) is 12.0. The van der Waals surface area contributed by atoms with Gasteiger partial charge in [0, 0.05) is 37.2 Å². The number of hydrogen-bond donors (Lipinski definition) is 2. The van der Waals surface area contributed by atoms with Crippen molar-refractivity contribution in [1.29, 1.82) is 0 Å². The molecule has 0 bridgehead atoms. The summed E-state index contributed by atoms with van der Waals surface area (Å²) in [6.07, 6.45) is 4.28. The highest BCUT2D eigenvalue weighted by Crippen LogP contribution is 2.15. The number of rotatable bonds is 5. The van der Waals surface area contributed by atoms with Gasteiger partial charge in [0.15, 0.2) is 0 Å². The molecule has 0 aliphatic heterocycles. The van der Waals surface area contributed by atoms with Crippen molar-refractivity contribution < 1.29 is 9.90 Å². The van der Waals surface area contributed by atoms with Gasteiger partial charge in [-0.05, 0) is 43.2 Å². The highest BCUT2D eigenvalue weighted by molar-refractivity contribution is 5.89. The van der Waals surface area contributed by atoms with E-state index in [0.717, 1.165) is 12.0 Å². The lowest BCUT2D eigenvalue weighted by Gasteiger charge is -2.21. The van der Waals surface area contributed by atoms with Crippen LogP contribution in [0, 0.1) is 0 Å². The van der Waals surface area contributed by atoms with E-state index in [0.29, 0.717) is 18.8 Å². The van der Waals surface area contributed by atoms with Crippen LogP contribution in [0.5, 0.6) is 5.75 Å². The molecule has 0 saturated carbocycles. The number of nitrogens with zero attached hydrogens (tertiary/aromatic N) is 2. The molecule has 0 fully saturated rings. The van der Waals surface area contributed by atoms with Crippen LogP contribution in [0.2, 0.25) is 0 Å². The highest BCUT2D eigenvalue weighted by Gasteiger charge is 2.11. The lowest BCUT2D eigenvalue weighted by molar-refractivity contribution is 0.215. The lowest BCUT2D eigenvalue weighted by Crippen LogP contribution is -2.36. The molecule has 1 aromatic carbocycles. The maximum Gasteiger partial charge on any atom is 0.321 e. The van der Waals surface area contributed by atoms with Crippen molar-refractivity contribution in [2.75, 3.05) is 18.4 Å². The Morgan fingerprint density at radius 2 is 2.05 bits per heavy atom. The Morgan fingerprint density at radius 1 is 1.29 bits per heavy atom. The Labute approximate surface area is 124 Å². The van der Waals surface area contributed by atoms with Gasteiger partial charge >= 0.3 is 6.03 Å². The van der Waals surface area contributed by atoms with Crippen LogP contribution in [-0.2, 0) is 6.42 Å². The Hall–Kier alpha value is -2.56. The summed E-state index contributed by atoms with van der Waals surface area (Å²) in [6, 6.07) is 10.2. The quantitative estimate of drug-likeness (QED) is 0.887. The van der Waals surface area contributed by atoms with Crippen molar-refractivity contribution >= 4 is 11.7 Å². The van der Waals surface area contributed by atoms with E-state index < -0.39 is 0 Å². The second-order valence-electron chi connectivity index (χ2n) is 4.67. The van der Waals surface area contributed by atoms with Crippen LogP contribution in [0.1, 0.15) is 12.5 Å². The number of hydrogen-bond acceptors (Lipinski definition) is 3. The van der Waals surface area contributed by atoms with Crippen LogP contribution in [-0.4, -0.2) is 34.1 Å². The van der Waals surface area contributed by atoms with Crippen LogP contribution < -0.4 is 5.32 Å². The van der Waals surface area contributed by atoms with Gasteiger partial charge in [0.25, 0.3) is 0 Å². The summed E-state index contributed by atoms with van der Waals surface area (Å²) in [5.41, 5.74) is 1.73. The first-order chi connectivity index (χ1) is 10.2. The van der Waals surface area contributed by atoms with E-state index in [1.54, 1.807) is 35.5 Å². The molecule has 0 saturated heterocycles. The van der Waals surface area contributed by atoms with Gasteiger partial charge in [0.2, 0.25) is 0 Å². The molecule has 2 N–H and O–H groups in total. The molecule has 2 rings (SSSR count). The molecule has 1 heterocycles. The first-order valence-corrected chi connectivity index (χ1v) is 6.93. The van der Waals surface area contributed by atoms with Crippen LogP contribution in [0.4, 0.5) is 10.5 Å². The maximum absolute atomic E-state index is 12.2. The number of benzene rings is 1. The van der Waals surface area contributed by atoms with Crippen molar-refractivity contribution in [2.24, 2.45) is 0 Å². The maximum atomic E-state index is 12.2. The Bertz CT molecular complexity index is 587. The summed E-state index contributed by atoms with van der Waals surface area (Å²) < 4.78 is 0. The summed E-state index contributed by atoms with van der Waals surface area (Å²) in [7, 11) is 0. The van der Waals surface area contributed by atoms with Crippen molar-refractivity contribution in [3.05, 3.63) is 54.4 Å². The number of urea groups is 1. The third-order valence-electron chi connectivity index (χ3n) is 3.19. The number of anilines is 1.